The number of carboxylic acid groups (broad SMARTS) is 1. The highest BCUT2D eigenvalue weighted by Crippen LogP contribution is 2.02. The first-order valence-corrected chi connectivity index (χ1v) is 5.46. The summed E-state index contributed by atoms with van der Waals surface area (Å²) in [6.07, 6.45) is 0. The van der Waals surface area contributed by atoms with E-state index in [1.165, 1.54) is 25.1 Å². The molecule has 0 heterocycles. The van der Waals surface area contributed by atoms with E-state index in [1.54, 1.807) is 0 Å². The number of carboxylic acids is 1. The van der Waals surface area contributed by atoms with E-state index in [9.17, 15) is 18.8 Å². The fourth-order valence-electron chi connectivity index (χ4n) is 1.25. The average Bonchev–Trinajstić information content (AvgIpc) is 2.35. The molecule has 2 amide bonds. The van der Waals surface area contributed by atoms with Gasteiger partial charge in [0.15, 0.2) is 0 Å². The molecule has 0 aromatic heterocycles. The van der Waals surface area contributed by atoms with Crippen LogP contribution in [0.4, 0.5) is 4.39 Å². The lowest BCUT2D eigenvalue weighted by molar-refractivity contribution is -0.141. The van der Waals surface area contributed by atoms with Crippen molar-refractivity contribution in [1.29, 1.82) is 0 Å². The van der Waals surface area contributed by atoms with Gasteiger partial charge in [-0.15, -0.1) is 0 Å². The zero-order chi connectivity index (χ0) is 14.4. The molecule has 0 bridgehead atoms. The summed E-state index contributed by atoms with van der Waals surface area (Å²) in [5.41, 5.74) is 0.0825. The topological polar surface area (TPSA) is 95.5 Å². The van der Waals surface area contributed by atoms with Gasteiger partial charge in [0.2, 0.25) is 5.91 Å². The van der Waals surface area contributed by atoms with E-state index in [2.05, 4.69) is 10.6 Å². The summed E-state index contributed by atoms with van der Waals surface area (Å²) < 4.78 is 12.9. The molecular weight excluding hydrogens is 255 g/mol. The predicted octanol–water partition coefficient (Wildman–Crippen LogP) is 0.145. The Morgan fingerprint density at radius 1 is 1.37 bits per heavy atom. The Balaban J connectivity index is 2.46. The molecule has 6 nitrogen and oxygen atoms in total. The number of carbonyl (C=O) groups excluding carboxylic acids is 2. The normalized spacial score (nSPS) is 11.5. The first-order valence-electron chi connectivity index (χ1n) is 5.46. The van der Waals surface area contributed by atoms with Crippen LogP contribution < -0.4 is 10.6 Å². The molecule has 0 saturated carbocycles. The Labute approximate surface area is 108 Å². The molecule has 0 radical (unpaired) electrons. The van der Waals surface area contributed by atoms with E-state index in [0.29, 0.717) is 0 Å². The van der Waals surface area contributed by atoms with Gasteiger partial charge in [0.25, 0.3) is 5.91 Å². The Hall–Kier alpha value is -2.44. The molecule has 1 atom stereocenters. The molecule has 0 saturated heterocycles. The minimum atomic E-state index is -1.18. The van der Waals surface area contributed by atoms with Gasteiger partial charge in [-0.2, -0.15) is 0 Å². The molecule has 0 aliphatic heterocycles. The van der Waals surface area contributed by atoms with Gasteiger partial charge in [0, 0.05) is 5.56 Å². The highest BCUT2D eigenvalue weighted by molar-refractivity contribution is 5.96. The van der Waals surface area contributed by atoms with Crippen LogP contribution in [0.2, 0.25) is 0 Å². The molecule has 7 heteroatoms. The van der Waals surface area contributed by atoms with E-state index in [0.717, 1.165) is 6.07 Å². The molecule has 1 rings (SSSR count). The maximum absolute atomic E-state index is 12.9. The number of rotatable bonds is 5. The van der Waals surface area contributed by atoms with Gasteiger partial charge < -0.3 is 15.7 Å². The predicted molar refractivity (Wildman–Crippen MR) is 64.0 cm³/mol. The van der Waals surface area contributed by atoms with Gasteiger partial charge in [-0.1, -0.05) is 6.07 Å². The van der Waals surface area contributed by atoms with Crippen molar-refractivity contribution in [2.24, 2.45) is 0 Å². The molecule has 0 aliphatic rings. The van der Waals surface area contributed by atoms with Crippen LogP contribution in [0, 0.1) is 5.82 Å². The summed E-state index contributed by atoms with van der Waals surface area (Å²) in [7, 11) is 0. The molecule has 1 aromatic carbocycles. The average molecular weight is 268 g/mol. The minimum absolute atomic E-state index is 0.0825. The summed E-state index contributed by atoms with van der Waals surface area (Å²) in [4.78, 5) is 33.3. The van der Waals surface area contributed by atoms with Gasteiger partial charge >= 0.3 is 5.97 Å². The number of carbonyl (C=O) groups is 3. The van der Waals surface area contributed by atoms with E-state index in [1.807, 2.05) is 0 Å². The molecule has 1 unspecified atom stereocenters. The smallest absolute Gasteiger partial charge is 0.325 e. The molecule has 102 valence electrons. The molecule has 0 spiro atoms. The van der Waals surface area contributed by atoms with E-state index in [-0.39, 0.29) is 12.1 Å². The van der Waals surface area contributed by atoms with Crippen molar-refractivity contribution in [3.63, 3.8) is 0 Å². The van der Waals surface area contributed by atoms with Crippen LogP contribution in [-0.2, 0) is 9.59 Å². The zero-order valence-electron chi connectivity index (χ0n) is 10.1. The second kappa shape index (κ2) is 6.48. The van der Waals surface area contributed by atoms with Crippen molar-refractivity contribution in [2.75, 3.05) is 6.54 Å². The number of halogens is 1. The Kier molecular flexibility index (Phi) is 4.99. The maximum Gasteiger partial charge on any atom is 0.325 e. The van der Waals surface area contributed by atoms with Crippen molar-refractivity contribution in [3.05, 3.63) is 35.6 Å². The number of amides is 2. The first kappa shape index (κ1) is 14.6. The third kappa shape index (κ3) is 4.74. The van der Waals surface area contributed by atoms with Crippen molar-refractivity contribution in [3.8, 4) is 0 Å². The quantitative estimate of drug-likeness (QED) is 0.708. The number of hydrogen-bond donors (Lipinski definition) is 3. The van der Waals surface area contributed by atoms with E-state index < -0.39 is 29.6 Å². The molecule has 0 fully saturated rings. The standard InChI is InChI=1S/C12H13FN2O4/c1-7(12(18)19)15-10(16)6-14-11(17)8-3-2-4-9(13)5-8/h2-5,7H,6H2,1H3,(H,14,17)(H,15,16)(H,18,19). The van der Waals surface area contributed by atoms with E-state index >= 15 is 0 Å². The maximum atomic E-state index is 12.9. The highest BCUT2D eigenvalue weighted by atomic mass is 19.1. The van der Waals surface area contributed by atoms with Gasteiger partial charge in [-0.05, 0) is 25.1 Å². The van der Waals surface area contributed by atoms with E-state index in [4.69, 9.17) is 5.11 Å². The van der Waals surface area contributed by atoms with Gasteiger partial charge in [0.05, 0.1) is 6.54 Å². The van der Waals surface area contributed by atoms with Crippen molar-refractivity contribution < 1.29 is 23.9 Å². The van der Waals surface area contributed by atoms with Crippen LogP contribution in [0.1, 0.15) is 17.3 Å². The monoisotopic (exact) mass is 268 g/mol. The Morgan fingerprint density at radius 3 is 2.63 bits per heavy atom. The molecule has 0 aliphatic carbocycles. The second-order valence-corrected chi connectivity index (χ2v) is 3.82. The summed E-state index contributed by atoms with van der Waals surface area (Å²) in [5, 5.41) is 13.0. The second-order valence-electron chi connectivity index (χ2n) is 3.82. The third-order valence-electron chi connectivity index (χ3n) is 2.24. The van der Waals surface area contributed by atoms with Crippen molar-refractivity contribution in [1.82, 2.24) is 10.6 Å². The van der Waals surface area contributed by atoms with Gasteiger partial charge in [-0.3, -0.25) is 14.4 Å². The SMILES string of the molecule is CC(NC(=O)CNC(=O)c1cccc(F)c1)C(=O)O. The third-order valence-corrected chi connectivity index (χ3v) is 2.24. The van der Waals surface area contributed by atoms with Crippen LogP contribution in [-0.4, -0.2) is 35.5 Å². The summed E-state index contributed by atoms with van der Waals surface area (Å²) in [6, 6.07) is 3.96. The minimum Gasteiger partial charge on any atom is -0.480 e. The fraction of sp³-hybridized carbons (Fsp3) is 0.250. The lowest BCUT2D eigenvalue weighted by atomic mass is 10.2. The fourth-order valence-corrected chi connectivity index (χ4v) is 1.25. The zero-order valence-corrected chi connectivity index (χ0v) is 10.1. The van der Waals surface area contributed by atoms with Crippen LogP contribution in [0.5, 0.6) is 0 Å². The number of nitrogens with one attached hydrogen (secondary N) is 2. The summed E-state index contributed by atoms with van der Waals surface area (Å²) >= 11 is 0. The summed E-state index contributed by atoms with van der Waals surface area (Å²) in [6.45, 7) is 0.918. The molecular formula is C12H13FN2O4. The molecule has 1 aromatic rings. The van der Waals surface area contributed by atoms with Crippen molar-refractivity contribution in [2.45, 2.75) is 13.0 Å². The Bertz CT molecular complexity index is 504. The highest BCUT2D eigenvalue weighted by Gasteiger charge is 2.14. The van der Waals surface area contributed by atoms with Gasteiger partial charge in [0.1, 0.15) is 11.9 Å². The number of hydrogen-bond acceptors (Lipinski definition) is 3. The first-order chi connectivity index (χ1) is 8.90. The van der Waals surface area contributed by atoms with Crippen LogP contribution in [0.3, 0.4) is 0 Å². The van der Waals surface area contributed by atoms with Crippen molar-refractivity contribution >= 4 is 17.8 Å². The molecule has 19 heavy (non-hydrogen) atoms. The summed E-state index contributed by atoms with van der Waals surface area (Å²) in [5.74, 6) is -2.99. The molecule has 3 N–H and O–H groups in total. The lowest BCUT2D eigenvalue weighted by Crippen LogP contribution is -2.44. The number of benzene rings is 1. The van der Waals surface area contributed by atoms with Crippen LogP contribution >= 0.6 is 0 Å². The largest absolute Gasteiger partial charge is 0.480 e. The van der Waals surface area contributed by atoms with Crippen LogP contribution in [0.15, 0.2) is 24.3 Å². The number of aliphatic carboxylic acids is 1. The lowest BCUT2D eigenvalue weighted by Gasteiger charge is -2.10. The Morgan fingerprint density at radius 2 is 2.05 bits per heavy atom. The van der Waals surface area contributed by atoms with Gasteiger partial charge in [-0.25, -0.2) is 4.39 Å². The van der Waals surface area contributed by atoms with Crippen LogP contribution in [0.25, 0.3) is 0 Å².